The summed E-state index contributed by atoms with van der Waals surface area (Å²) in [4.78, 5) is 6.74. The first-order chi connectivity index (χ1) is 19.7. The minimum absolute atomic E-state index is 0.0376. The first-order valence-corrected chi connectivity index (χ1v) is 13.5. The minimum Gasteiger partial charge on any atom is -0.492 e. The maximum absolute atomic E-state index is 10.1. The topological polar surface area (TPSA) is 119 Å². The van der Waals surface area contributed by atoms with Gasteiger partial charge < -0.3 is 14.6 Å². The highest BCUT2D eigenvalue weighted by atomic mass is 16.5. The van der Waals surface area contributed by atoms with E-state index in [1.165, 1.54) is 0 Å². The molecule has 1 aliphatic heterocycles. The van der Waals surface area contributed by atoms with E-state index in [4.69, 9.17) is 48.7 Å². The van der Waals surface area contributed by atoms with Crippen molar-refractivity contribution in [2.75, 3.05) is 20.2 Å². The average molecular weight is 556 g/mol. The quantitative estimate of drug-likeness (QED) is 0.347. The summed E-state index contributed by atoms with van der Waals surface area (Å²) in [5.41, 5.74) is 4.91. The van der Waals surface area contributed by atoms with Crippen LogP contribution in [0.1, 0.15) is 42.5 Å². The molecule has 5 heterocycles. The number of nitrogens with one attached hydrogen (secondary N) is 1. The number of rotatable bonds is 5. The molecule has 0 saturated carbocycles. The molecule has 4 aromatic rings. The summed E-state index contributed by atoms with van der Waals surface area (Å²) in [6.45, 7) is 6.46. The Kier molecular flexibility index (Phi) is 7.91. The number of aliphatic hydroxyl groups excluding tert-OH is 1. The van der Waals surface area contributed by atoms with E-state index in [0.717, 1.165) is 22.2 Å². The molecule has 5 rings (SSSR count). The second-order valence-corrected chi connectivity index (χ2v) is 11.0. The monoisotopic (exact) mass is 556 g/mol. The van der Waals surface area contributed by atoms with E-state index in [1.807, 2.05) is 47.0 Å². The van der Waals surface area contributed by atoms with Gasteiger partial charge in [0.25, 0.3) is 0 Å². The minimum atomic E-state index is -2.18. The number of nitrogens with zero attached hydrogens (tertiary/aromatic N) is 7. The Morgan fingerprint density at radius 1 is 1.19 bits per heavy atom. The summed E-state index contributed by atoms with van der Waals surface area (Å²) >= 11 is 0. The van der Waals surface area contributed by atoms with Crippen LogP contribution in [0.25, 0.3) is 34.3 Å². The Balaban J connectivity index is 1.72. The number of aryl methyl sites for hydroxylation is 2. The lowest BCUT2D eigenvalue weighted by atomic mass is 9.28. The fraction of sp³-hybridized carbons (Fsp3) is 0.462. The molecule has 0 saturated heterocycles. The van der Waals surface area contributed by atoms with Gasteiger partial charge in [-0.05, 0) is 46.0 Å². The molecule has 11 nitrogen and oxygen atoms in total. The number of aromatic nitrogens is 7. The third-order valence-electron chi connectivity index (χ3n) is 7.25. The fourth-order valence-electron chi connectivity index (χ4n) is 4.97. The van der Waals surface area contributed by atoms with Crippen molar-refractivity contribution < 1.29 is 14.6 Å². The molecule has 1 aliphatic rings. The summed E-state index contributed by atoms with van der Waals surface area (Å²) < 4.78 is 15.7. The van der Waals surface area contributed by atoms with E-state index in [2.05, 4.69) is 30.3 Å². The van der Waals surface area contributed by atoms with E-state index < -0.39 is 16.6 Å². The Hall–Kier alpha value is -3.38. The third-order valence-corrected chi connectivity index (χ3v) is 7.25. The molecule has 0 aromatic carbocycles. The molecular weight excluding hydrogens is 526 g/mol. The van der Waals surface area contributed by atoms with Crippen LogP contribution in [0.15, 0.2) is 12.3 Å². The molecular formula is C26H29B5N8O3. The standard InChI is InChI=1S/C26H29B5N8O3/c1-13(12-40)39-21-11-37(4)10-14(2)41-24-22(15(3)35-38(24)5)19-8-17-18(33-34-20(17)9-32-19)7-6-16(21)23(36-39)42-26(30,31)25(27,28)29/h6-9,13-14,40H,10-12H2,1-5H3,(H,33,34)/b7-6+. The number of aliphatic hydroxyl groups is 1. The van der Waals surface area contributed by atoms with Gasteiger partial charge in [-0.3, -0.25) is 19.7 Å². The summed E-state index contributed by atoms with van der Waals surface area (Å²) in [5, 5.41) is 23.3. The van der Waals surface area contributed by atoms with Gasteiger partial charge in [-0.1, -0.05) is 0 Å². The normalized spacial score (nSPS) is 18.1. The molecule has 0 spiro atoms. The summed E-state index contributed by atoms with van der Waals surface area (Å²) in [5.74, 6) is 0.651. The summed E-state index contributed by atoms with van der Waals surface area (Å²) in [6.07, 6.45) is 5.09. The van der Waals surface area contributed by atoms with Crippen molar-refractivity contribution in [3.05, 3.63) is 34.9 Å². The summed E-state index contributed by atoms with van der Waals surface area (Å²) in [6, 6.07) is 1.52. The highest BCUT2D eigenvalue weighted by Gasteiger charge is 2.35. The van der Waals surface area contributed by atoms with E-state index in [9.17, 15) is 5.11 Å². The zero-order chi connectivity index (χ0) is 30.6. The van der Waals surface area contributed by atoms with Crippen molar-refractivity contribution in [2.24, 2.45) is 7.05 Å². The van der Waals surface area contributed by atoms with Gasteiger partial charge in [0.1, 0.15) is 21.8 Å². The van der Waals surface area contributed by atoms with Crippen LogP contribution in [-0.4, -0.2) is 116 Å². The molecule has 0 fully saturated rings. The lowest BCUT2D eigenvalue weighted by Gasteiger charge is -2.41. The lowest BCUT2D eigenvalue weighted by Crippen LogP contribution is -2.51. The molecule has 2 bridgehead atoms. The predicted octanol–water partition coefficient (Wildman–Crippen LogP) is 0.749. The second kappa shape index (κ2) is 11.0. The number of fused-ring (bicyclic) bond motifs is 4. The molecule has 16 heteroatoms. The van der Waals surface area contributed by atoms with Gasteiger partial charge in [0, 0.05) is 30.9 Å². The molecule has 2 unspecified atom stereocenters. The Morgan fingerprint density at radius 3 is 2.62 bits per heavy atom. The SMILES string of the molecule is [B]C([B])([B])C([B])([B])Oc1nn(C(C)CO)c2c1/C=C/c1n[nH]c3cnc(cc13)-c1c(C)nn(C)c1OC(C)CN(C)C2. The lowest BCUT2D eigenvalue weighted by molar-refractivity contribution is 0.145. The van der Waals surface area contributed by atoms with Crippen LogP contribution in [0, 0.1) is 6.92 Å². The number of ether oxygens (including phenoxy) is 2. The first-order valence-electron chi connectivity index (χ1n) is 13.5. The number of pyridine rings is 1. The molecule has 4 aromatic heterocycles. The number of H-pyrrole nitrogens is 1. The Morgan fingerprint density at radius 2 is 1.93 bits per heavy atom. The molecule has 0 amide bonds. The largest absolute Gasteiger partial charge is 0.492 e. The van der Waals surface area contributed by atoms with E-state index in [1.54, 1.807) is 21.6 Å². The van der Waals surface area contributed by atoms with Crippen LogP contribution in [0.2, 0.25) is 5.11 Å². The van der Waals surface area contributed by atoms with Crippen LogP contribution in [0.5, 0.6) is 11.8 Å². The van der Waals surface area contributed by atoms with Crippen LogP contribution in [0.4, 0.5) is 0 Å². The maximum Gasteiger partial charge on any atom is 0.239 e. The van der Waals surface area contributed by atoms with E-state index in [-0.39, 0.29) is 18.6 Å². The van der Waals surface area contributed by atoms with Crippen molar-refractivity contribution in [3.63, 3.8) is 0 Å². The first kappa shape index (κ1) is 30.1. The predicted molar refractivity (Wildman–Crippen MR) is 165 cm³/mol. The number of hydrogen-bond donors (Lipinski definition) is 2. The molecule has 42 heavy (non-hydrogen) atoms. The van der Waals surface area contributed by atoms with Crippen LogP contribution in [-0.2, 0) is 13.6 Å². The van der Waals surface area contributed by atoms with Crippen molar-refractivity contribution in [2.45, 2.75) is 50.0 Å². The van der Waals surface area contributed by atoms with Crippen molar-refractivity contribution in [1.82, 2.24) is 39.6 Å². The molecule has 2 atom stereocenters. The van der Waals surface area contributed by atoms with Crippen LogP contribution >= 0.6 is 0 Å². The van der Waals surface area contributed by atoms with Gasteiger partial charge in [0.15, 0.2) is 0 Å². The Labute approximate surface area is 251 Å². The number of hydrogen-bond acceptors (Lipinski definition) is 8. The number of likely N-dealkylation sites (N-methyl/N-ethyl adjacent to an activating group) is 1. The van der Waals surface area contributed by atoms with Crippen molar-refractivity contribution in [3.8, 4) is 23.0 Å². The second-order valence-electron chi connectivity index (χ2n) is 11.0. The average Bonchev–Trinajstić information content (AvgIpc) is 3.53. The van der Waals surface area contributed by atoms with Crippen LogP contribution in [0.3, 0.4) is 0 Å². The van der Waals surface area contributed by atoms with Gasteiger partial charge in [0.2, 0.25) is 11.8 Å². The zero-order valence-corrected chi connectivity index (χ0v) is 24.4. The maximum atomic E-state index is 10.1. The molecule has 0 aliphatic carbocycles. The van der Waals surface area contributed by atoms with Crippen molar-refractivity contribution >= 4 is 62.3 Å². The fourth-order valence-corrected chi connectivity index (χ4v) is 4.97. The summed E-state index contributed by atoms with van der Waals surface area (Å²) in [7, 11) is 33.4. The van der Waals surface area contributed by atoms with Gasteiger partial charge in [-0.25, -0.2) is 4.68 Å². The Bertz CT molecular complexity index is 1640. The van der Waals surface area contributed by atoms with Gasteiger partial charge in [-0.2, -0.15) is 10.2 Å². The van der Waals surface area contributed by atoms with Crippen LogP contribution < -0.4 is 9.47 Å². The third kappa shape index (κ3) is 5.54. The van der Waals surface area contributed by atoms with Crippen molar-refractivity contribution in [1.29, 1.82) is 0 Å². The molecule has 206 valence electrons. The molecule has 2 N–H and O–H groups in total. The molecule has 10 radical (unpaired) electrons. The number of aromatic amines is 1. The highest BCUT2D eigenvalue weighted by Crippen LogP contribution is 2.36. The van der Waals surface area contributed by atoms with E-state index in [0.29, 0.717) is 41.6 Å². The highest BCUT2D eigenvalue weighted by molar-refractivity contribution is 6.66. The van der Waals surface area contributed by atoms with Gasteiger partial charge >= 0.3 is 0 Å². The van der Waals surface area contributed by atoms with E-state index >= 15 is 0 Å². The smallest absolute Gasteiger partial charge is 0.239 e. The zero-order valence-electron chi connectivity index (χ0n) is 24.4. The van der Waals surface area contributed by atoms with Gasteiger partial charge in [0.05, 0.1) is 81.8 Å². The van der Waals surface area contributed by atoms with Gasteiger partial charge in [-0.15, -0.1) is 10.2 Å².